The van der Waals surface area contributed by atoms with Crippen molar-refractivity contribution in [2.75, 3.05) is 12.0 Å². The van der Waals surface area contributed by atoms with Gasteiger partial charge < -0.3 is 0 Å². The number of fused-ring (bicyclic) bond motifs is 1. The molecule has 0 bridgehead atoms. The average Bonchev–Trinajstić information content (AvgIpc) is 3.12. The summed E-state index contributed by atoms with van der Waals surface area (Å²) in [6.45, 7) is 0. The molecule has 1 saturated carbocycles. The number of halogens is 2. The molecule has 106 valence electrons. The van der Waals surface area contributed by atoms with Gasteiger partial charge in [-0.25, -0.2) is 0 Å². The van der Waals surface area contributed by atoms with Gasteiger partial charge in [-0.05, 0) is 0 Å². The molecular weight excluding hydrogens is 462 g/mol. The summed E-state index contributed by atoms with van der Waals surface area (Å²) in [7, 11) is 1.65. The number of hydrogen-bond donors (Lipinski definition) is 2. The van der Waals surface area contributed by atoms with Gasteiger partial charge in [0.15, 0.2) is 0 Å². The van der Waals surface area contributed by atoms with Crippen molar-refractivity contribution in [1.82, 2.24) is 7.06 Å². The van der Waals surface area contributed by atoms with Crippen molar-refractivity contribution in [1.29, 1.82) is 0 Å². The van der Waals surface area contributed by atoms with Gasteiger partial charge in [0, 0.05) is 0 Å². The van der Waals surface area contributed by atoms with Crippen molar-refractivity contribution >= 4 is 26.3 Å². The van der Waals surface area contributed by atoms with E-state index >= 15 is 0 Å². The number of carbonyl (C=O) groups excluding carboxylic acids is 1. The van der Waals surface area contributed by atoms with Crippen LogP contribution in [0.3, 0.4) is 0 Å². The van der Waals surface area contributed by atoms with Crippen LogP contribution in [0.2, 0.25) is 0 Å². The van der Waals surface area contributed by atoms with Gasteiger partial charge in [0.25, 0.3) is 0 Å². The molecule has 18 heavy (non-hydrogen) atoms. The molecule has 0 aromatic rings. The first-order valence-electron chi connectivity index (χ1n) is 6.18. The van der Waals surface area contributed by atoms with E-state index in [0.717, 1.165) is 12.8 Å². The Labute approximate surface area is 125 Å². The molecule has 2 saturated heterocycles. The summed E-state index contributed by atoms with van der Waals surface area (Å²) in [4.78, 5) is 14.4. The summed E-state index contributed by atoms with van der Waals surface area (Å²) < 4.78 is 18.0. The summed E-state index contributed by atoms with van der Waals surface area (Å²) in [5.74, 6) is 0.363. The van der Waals surface area contributed by atoms with Gasteiger partial charge in [-0.15, -0.1) is 0 Å². The predicted octanol–water partition coefficient (Wildman–Crippen LogP) is -2.02. The van der Waals surface area contributed by atoms with Gasteiger partial charge >= 0.3 is 126 Å². The molecule has 3 rings (SSSR count). The quantitative estimate of drug-likeness (QED) is 0.0872. The molecule has 2 N–H and O–H groups in total. The van der Waals surface area contributed by atoms with E-state index < -0.39 is 20.4 Å². The number of alkyl halides is 3. The van der Waals surface area contributed by atoms with Crippen LogP contribution in [0.1, 0.15) is 25.7 Å². The molecule has 7 heteroatoms. The Morgan fingerprint density at radius 2 is 2.06 bits per heavy atom. The molecule has 5 nitrogen and oxygen atoms in total. The molecule has 0 aromatic heterocycles. The van der Waals surface area contributed by atoms with Crippen molar-refractivity contribution in [2.45, 2.75) is 39.6 Å². The molecule has 2 heterocycles. The van der Waals surface area contributed by atoms with Crippen LogP contribution in [0.25, 0.3) is 0 Å². The summed E-state index contributed by atoms with van der Waals surface area (Å²) in [6, 6.07) is 0. The zero-order valence-corrected chi connectivity index (χ0v) is 14.9. The maximum atomic E-state index is 12.3. The van der Waals surface area contributed by atoms with Crippen molar-refractivity contribution in [3.63, 3.8) is 0 Å². The third-order valence-corrected chi connectivity index (χ3v) is 12.2. The van der Waals surface area contributed by atoms with Gasteiger partial charge in [0.2, 0.25) is 0 Å². The number of ether oxygens (including phenoxy) is 2. The first kappa shape index (κ1) is 13.8. The second-order valence-electron chi connectivity index (χ2n) is 4.85. The van der Waals surface area contributed by atoms with E-state index in [1.807, 2.05) is 0 Å². The zero-order valence-electron chi connectivity index (χ0n) is 10.5. The van der Waals surface area contributed by atoms with E-state index in [9.17, 15) is 4.79 Å². The van der Waals surface area contributed by atoms with Gasteiger partial charge in [0.05, 0.1) is 0 Å². The Morgan fingerprint density at radius 3 is 2.50 bits per heavy atom. The summed E-state index contributed by atoms with van der Waals surface area (Å²) in [5, 5.41) is 0. The predicted molar refractivity (Wildman–Crippen MR) is 71.6 cm³/mol. The number of methoxy groups -OCH3 is 1. The van der Waals surface area contributed by atoms with Crippen molar-refractivity contribution in [3.05, 3.63) is 0 Å². The average molecular weight is 481 g/mol. The Morgan fingerprint density at radius 1 is 1.44 bits per heavy atom. The fraction of sp³-hybridized carbons (Fsp3) is 0.909. The fourth-order valence-corrected chi connectivity index (χ4v) is 12.9. The van der Waals surface area contributed by atoms with Gasteiger partial charge in [0.1, 0.15) is 0 Å². The molecule has 0 aromatic carbocycles. The van der Waals surface area contributed by atoms with Crippen LogP contribution in [0, 0.1) is 5.92 Å². The third kappa shape index (κ3) is 2.40. The summed E-state index contributed by atoms with van der Waals surface area (Å²) in [5.41, 5.74) is 0. The molecule has 3 aliphatic rings. The van der Waals surface area contributed by atoms with Crippen molar-refractivity contribution in [3.8, 4) is 0 Å². The van der Waals surface area contributed by atoms with E-state index in [4.69, 9.17) is 9.47 Å². The first-order chi connectivity index (χ1) is 8.71. The van der Waals surface area contributed by atoms with Gasteiger partial charge in [-0.2, -0.15) is 0 Å². The Kier molecular flexibility index (Phi) is 4.06. The fourth-order valence-electron chi connectivity index (χ4n) is 2.57. The molecule has 3 fully saturated rings. The molecule has 2 aliphatic heterocycles. The standard InChI is InChI=1S/C11H19I2N2O3/c1-12-8(11-13(14-11)15-11)9(16)18-10(17-2)7-5-3-4-6-7/h7-8,10,14-15H,3-6H2,1-2H3/q-1. The van der Waals surface area contributed by atoms with E-state index in [0.29, 0.717) is 5.92 Å². The monoisotopic (exact) mass is 481 g/mol. The number of rotatable bonds is 6. The van der Waals surface area contributed by atoms with E-state index in [1.54, 1.807) is 7.11 Å². The second kappa shape index (κ2) is 5.30. The summed E-state index contributed by atoms with van der Waals surface area (Å²) in [6.07, 6.45) is 4.38. The molecule has 2 atom stereocenters. The van der Waals surface area contributed by atoms with Crippen molar-refractivity contribution < 1.29 is 35.5 Å². The van der Waals surface area contributed by atoms with Crippen LogP contribution >= 0.6 is 20.4 Å². The Balaban J connectivity index is 1.58. The molecule has 0 amide bonds. The minimum absolute atomic E-state index is 0.0404. The van der Waals surface area contributed by atoms with Gasteiger partial charge in [-0.1, -0.05) is 0 Å². The van der Waals surface area contributed by atoms with E-state index in [2.05, 4.69) is 12.0 Å². The number of nitrogens with one attached hydrogen (secondary N) is 2. The van der Waals surface area contributed by atoms with E-state index in [-0.39, 0.29) is 41.1 Å². The van der Waals surface area contributed by atoms with Crippen LogP contribution < -0.4 is 28.3 Å². The topological polar surface area (TPSA) is 79.4 Å². The minimum atomic E-state index is -1.04. The van der Waals surface area contributed by atoms with Gasteiger partial charge in [-0.3, -0.25) is 0 Å². The zero-order chi connectivity index (χ0) is 12.8. The third-order valence-electron chi connectivity index (χ3n) is 3.71. The number of esters is 1. The summed E-state index contributed by atoms with van der Waals surface area (Å²) >= 11 is -1.20. The van der Waals surface area contributed by atoms with Crippen LogP contribution in [0.4, 0.5) is 0 Å². The molecular formula is C11H19I2N2O3-. The molecule has 2 unspecified atom stereocenters. The van der Waals surface area contributed by atoms with Crippen LogP contribution in [0.5, 0.6) is 0 Å². The molecule has 0 radical (unpaired) electrons. The first-order valence-corrected chi connectivity index (χ1v) is 12.8. The van der Waals surface area contributed by atoms with Crippen LogP contribution in [0.15, 0.2) is 0 Å². The van der Waals surface area contributed by atoms with E-state index in [1.165, 1.54) is 12.8 Å². The molecule has 1 aliphatic carbocycles. The second-order valence-corrected chi connectivity index (χ2v) is 11.7. The number of carbonyl (C=O) groups is 1. The van der Waals surface area contributed by atoms with Crippen molar-refractivity contribution in [2.24, 2.45) is 5.92 Å². The number of hydrogen-bond acceptors (Lipinski definition) is 5. The maximum absolute atomic E-state index is 12.3. The normalized spacial score (nSPS) is 29.8. The Bertz CT molecular complexity index is 343. The SMILES string of the molecule is COC(OC(=O)C([I-]C)C12NI1N2)C1CCCC1. The van der Waals surface area contributed by atoms with Crippen LogP contribution in [-0.4, -0.2) is 31.9 Å². The Hall–Kier alpha value is 0.810. The van der Waals surface area contributed by atoms with Crippen LogP contribution in [-0.2, 0) is 14.3 Å². The molecule has 0 spiro atoms.